The Morgan fingerprint density at radius 2 is 1.77 bits per heavy atom. The van der Waals surface area contributed by atoms with Crippen molar-refractivity contribution in [1.82, 2.24) is 0 Å². The number of carbonyl (C=O) groups excluding carboxylic acids is 1. The fraction of sp³-hybridized carbons (Fsp3) is 0.222. The molecule has 0 aliphatic rings. The highest BCUT2D eigenvalue weighted by Crippen LogP contribution is 2.29. The summed E-state index contributed by atoms with van der Waals surface area (Å²) in [5.41, 5.74) is 2.09. The fourth-order valence-corrected chi connectivity index (χ4v) is 2.06. The summed E-state index contributed by atoms with van der Waals surface area (Å²) in [4.78, 5) is 12.0. The number of hydrogen-bond acceptors (Lipinski definition) is 4. The summed E-state index contributed by atoms with van der Waals surface area (Å²) in [6.07, 6.45) is -4.57. The highest BCUT2D eigenvalue weighted by Gasteiger charge is 2.29. The SMILES string of the molecule is CCOC(=O)C(Cc1ccccc1F)=NNc1ccc(C(F)(F)F)cc1. The normalized spacial score (nSPS) is 12.0. The molecule has 2 aromatic rings. The zero-order chi connectivity index (χ0) is 19.2. The van der Waals surface area contributed by atoms with E-state index in [-0.39, 0.29) is 30.0 Å². The lowest BCUT2D eigenvalue weighted by atomic mass is 10.1. The number of hydrazone groups is 1. The van der Waals surface area contributed by atoms with Gasteiger partial charge >= 0.3 is 12.1 Å². The maximum Gasteiger partial charge on any atom is 0.416 e. The van der Waals surface area contributed by atoms with Gasteiger partial charge in [0.05, 0.1) is 17.9 Å². The van der Waals surface area contributed by atoms with E-state index in [0.717, 1.165) is 12.1 Å². The van der Waals surface area contributed by atoms with E-state index in [1.165, 1.54) is 30.3 Å². The lowest BCUT2D eigenvalue weighted by molar-refractivity contribution is -0.137. The van der Waals surface area contributed by atoms with Crippen LogP contribution in [0.1, 0.15) is 18.1 Å². The van der Waals surface area contributed by atoms with Crippen LogP contribution < -0.4 is 5.43 Å². The molecule has 26 heavy (non-hydrogen) atoms. The molecule has 0 fully saturated rings. The summed E-state index contributed by atoms with van der Waals surface area (Å²) in [7, 11) is 0. The van der Waals surface area contributed by atoms with Gasteiger partial charge in [0, 0.05) is 6.42 Å². The third-order valence-corrected chi connectivity index (χ3v) is 3.36. The van der Waals surface area contributed by atoms with Crippen molar-refractivity contribution in [1.29, 1.82) is 0 Å². The summed E-state index contributed by atoms with van der Waals surface area (Å²) >= 11 is 0. The molecule has 0 amide bonds. The first-order chi connectivity index (χ1) is 12.3. The molecule has 0 heterocycles. The molecular formula is C18H16F4N2O2. The van der Waals surface area contributed by atoms with Crippen LogP contribution in [-0.4, -0.2) is 18.3 Å². The van der Waals surface area contributed by atoms with E-state index in [4.69, 9.17) is 4.74 Å². The van der Waals surface area contributed by atoms with E-state index in [2.05, 4.69) is 10.5 Å². The molecule has 0 saturated carbocycles. The van der Waals surface area contributed by atoms with E-state index < -0.39 is 23.5 Å². The number of carbonyl (C=O) groups is 1. The topological polar surface area (TPSA) is 50.7 Å². The summed E-state index contributed by atoms with van der Waals surface area (Å²) in [6.45, 7) is 1.72. The number of rotatable bonds is 6. The van der Waals surface area contributed by atoms with Crippen LogP contribution in [-0.2, 0) is 22.1 Å². The standard InChI is InChI=1S/C18H16F4N2O2/c1-2-26-17(25)16(11-12-5-3-4-6-15(12)19)24-23-14-9-7-13(8-10-14)18(20,21)22/h3-10,23H,2,11H2,1H3. The second-order valence-electron chi connectivity index (χ2n) is 5.23. The summed E-state index contributed by atoms with van der Waals surface area (Å²) in [5.74, 6) is -1.24. The van der Waals surface area contributed by atoms with Gasteiger partial charge in [-0.15, -0.1) is 0 Å². The Bertz CT molecular complexity index is 787. The van der Waals surface area contributed by atoms with Crippen molar-refractivity contribution in [3.8, 4) is 0 Å². The van der Waals surface area contributed by atoms with Crippen LogP contribution in [0.15, 0.2) is 53.6 Å². The molecule has 1 N–H and O–H groups in total. The van der Waals surface area contributed by atoms with Crippen LogP contribution in [0.4, 0.5) is 23.2 Å². The molecular weight excluding hydrogens is 352 g/mol. The molecule has 0 spiro atoms. The van der Waals surface area contributed by atoms with Crippen molar-refractivity contribution in [3.63, 3.8) is 0 Å². The molecule has 0 unspecified atom stereocenters. The summed E-state index contributed by atoms with van der Waals surface area (Å²) in [5, 5.41) is 3.88. The van der Waals surface area contributed by atoms with Gasteiger partial charge in [0.15, 0.2) is 0 Å². The molecule has 2 aromatic carbocycles. The first kappa shape index (κ1) is 19.4. The van der Waals surface area contributed by atoms with Crippen LogP contribution in [0.5, 0.6) is 0 Å². The smallest absolute Gasteiger partial charge is 0.416 e. The molecule has 0 saturated heterocycles. The zero-order valence-electron chi connectivity index (χ0n) is 13.8. The Kier molecular flexibility index (Phi) is 6.32. The molecule has 2 rings (SSSR count). The first-order valence-corrected chi connectivity index (χ1v) is 7.71. The molecule has 0 radical (unpaired) electrons. The molecule has 0 bridgehead atoms. The average Bonchev–Trinajstić information content (AvgIpc) is 2.60. The Hall–Kier alpha value is -2.90. The van der Waals surface area contributed by atoms with Gasteiger partial charge in [0.25, 0.3) is 0 Å². The van der Waals surface area contributed by atoms with Crippen molar-refractivity contribution >= 4 is 17.4 Å². The molecule has 8 heteroatoms. The van der Waals surface area contributed by atoms with Gasteiger partial charge in [-0.3, -0.25) is 5.43 Å². The Morgan fingerprint density at radius 3 is 2.35 bits per heavy atom. The number of nitrogens with one attached hydrogen (secondary N) is 1. The number of hydrogen-bond donors (Lipinski definition) is 1. The number of ether oxygens (including phenoxy) is 1. The van der Waals surface area contributed by atoms with Crippen LogP contribution in [0.25, 0.3) is 0 Å². The lowest BCUT2D eigenvalue weighted by Crippen LogP contribution is -2.22. The van der Waals surface area contributed by atoms with E-state index in [9.17, 15) is 22.4 Å². The monoisotopic (exact) mass is 368 g/mol. The van der Waals surface area contributed by atoms with Crippen LogP contribution in [0.3, 0.4) is 0 Å². The third-order valence-electron chi connectivity index (χ3n) is 3.36. The van der Waals surface area contributed by atoms with E-state index >= 15 is 0 Å². The number of alkyl halides is 3. The minimum absolute atomic E-state index is 0.100. The molecule has 0 aliphatic heterocycles. The highest BCUT2D eigenvalue weighted by atomic mass is 19.4. The summed E-state index contributed by atoms with van der Waals surface area (Å²) < 4.78 is 56.4. The molecule has 0 aromatic heterocycles. The maximum atomic E-state index is 13.8. The number of halogens is 4. The molecule has 0 aliphatic carbocycles. The maximum absolute atomic E-state index is 13.8. The van der Waals surface area contributed by atoms with Gasteiger partial charge in [-0.25, -0.2) is 9.18 Å². The predicted octanol–water partition coefficient (Wildman–Crippen LogP) is 4.42. The molecule has 138 valence electrons. The fourth-order valence-electron chi connectivity index (χ4n) is 2.06. The quantitative estimate of drug-likeness (QED) is 0.355. The van der Waals surface area contributed by atoms with Gasteiger partial charge in [-0.2, -0.15) is 18.3 Å². The summed E-state index contributed by atoms with van der Waals surface area (Å²) in [6, 6.07) is 10.0. The average molecular weight is 368 g/mol. The number of anilines is 1. The lowest BCUT2D eigenvalue weighted by Gasteiger charge is -2.09. The Balaban J connectivity index is 2.19. The number of nitrogens with zero attached hydrogens (tertiary/aromatic N) is 1. The van der Waals surface area contributed by atoms with Gasteiger partial charge in [-0.1, -0.05) is 18.2 Å². The van der Waals surface area contributed by atoms with Gasteiger partial charge in [0.2, 0.25) is 0 Å². The van der Waals surface area contributed by atoms with Gasteiger partial charge in [0.1, 0.15) is 11.5 Å². The van der Waals surface area contributed by atoms with Gasteiger partial charge < -0.3 is 4.74 Å². The van der Waals surface area contributed by atoms with E-state index in [1.54, 1.807) is 13.0 Å². The van der Waals surface area contributed by atoms with Crippen LogP contribution in [0.2, 0.25) is 0 Å². The van der Waals surface area contributed by atoms with Crippen molar-refractivity contribution in [2.24, 2.45) is 5.10 Å². The number of esters is 1. The second kappa shape index (κ2) is 8.46. The highest BCUT2D eigenvalue weighted by molar-refractivity contribution is 6.37. The van der Waals surface area contributed by atoms with Crippen molar-refractivity contribution in [2.75, 3.05) is 12.0 Å². The zero-order valence-corrected chi connectivity index (χ0v) is 13.8. The molecule has 0 atom stereocenters. The Morgan fingerprint density at radius 1 is 1.12 bits per heavy atom. The minimum Gasteiger partial charge on any atom is -0.461 e. The Labute approximate surface area is 147 Å². The second-order valence-corrected chi connectivity index (χ2v) is 5.23. The first-order valence-electron chi connectivity index (χ1n) is 7.71. The van der Waals surface area contributed by atoms with Crippen LogP contribution >= 0.6 is 0 Å². The van der Waals surface area contributed by atoms with Gasteiger partial charge in [-0.05, 0) is 42.8 Å². The van der Waals surface area contributed by atoms with Crippen molar-refractivity contribution < 1.29 is 27.1 Å². The van der Waals surface area contributed by atoms with Crippen LogP contribution in [0, 0.1) is 5.82 Å². The predicted molar refractivity (Wildman–Crippen MR) is 89.2 cm³/mol. The minimum atomic E-state index is -4.44. The van der Waals surface area contributed by atoms with E-state index in [0.29, 0.717) is 0 Å². The van der Waals surface area contributed by atoms with Crippen molar-refractivity contribution in [2.45, 2.75) is 19.5 Å². The van der Waals surface area contributed by atoms with Crippen molar-refractivity contribution in [3.05, 3.63) is 65.5 Å². The number of benzene rings is 2. The largest absolute Gasteiger partial charge is 0.461 e. The molecule has 4 nitrogen and oxygen atoms in total. The van der Waals surface area contributed by atoms with E-state index in [1.807, 2.05) is 0 Å². The third kappa shape index (κ3) is 5.30.